The normalized spacial score (nSPS) is 16.2. The molecule has 3 aromatic rings. The van der Waals surface area contributed by atoms with Crippen molar-refractivity contribution in [2.45, 2.75) is 18.9 Å². The average molecular weight is 368 g/mol. The van der Waals surface area contributed by atoms with Gasteiger partial charge < -0.3 is 10.2 Å². The van der Waals surface area contributed by atoms with E-state index in [9.17, 15) is 14.0 Å². The Labute approximate surface area is 154 Å². The topological polar surface area (TPSA) is 49.4 Å². The van der Waals surface area contributed by atoms with E-state index < -0.39 is 11.7 Å². The summed E-state index contributed by atoms with van der Waals surface area (Å²) in [6.07, 6.45) is 0.0756. The van der Waals surface area contributed by atoms with Gasteiger partial charge in [0.05, 0.1) is 5.92 Å². The molecule has 26 heavy (non-hydrogen) atoms. The van der Waals surface area contributed by atoms with Crippen LogP contribution in [0.15, 0.2) is 47.8 Å². The van der Waals surface area contributed by atoms with E-state index in [4.69, 9.17) is 0 Å². The molecule has 2 aromatic carbocycles. The summed E-state index contributed by atoms with van der Waals surface area (Å²) in [4.78, 5) is 26.6. The van der Waals surface area contributed by atoms with Crippen LogP contribution in [-0.4, -0.2) is 23.8 Å². The number of hydrogen-bond acceptors (Lipinski definition) is 3. The number of rotatable bonds is 3. The first kappa shape index (κ1) is 16.7. The molecule has 132 valence electrons. The molecule has 0 radical (unpaired) electrons. The van der Waals surface area contributed by atoms with Gasteiger partial charge in [-0.1, -0.05) is 24.3 Å². The van der Waals surface area contributed by atoms with Gasteiger partial charge >= 0.3 is 0 Å². The first-order valence-corrected chi connectivity index (χ1v) is 9.20. The first-order chi connectivity index (χ1) is 12.5. The summed E-state index contributed by atoms with van der Waals surface area (Å²) in [7, 11) is 1.74. The highest BCUT2D eigenvalue weighted by atomic mass is 32.1. The Morgan fingerprint density at radius 3 is 2.96 bits per heavy atom. The monoisotopic (exact) mass is 368 g/mol. The number of nitrogens with zero attached hydrogens (tertiary/aromatic N) is 1. The van der Waals surface area contributed by atoms with Crippen LogP contribution < -0.4 is 5.32 Å². The number of halogens is 1. The Morgan fingerprint density at radius 2 is 2.12 bits per heavy atom. The third kappa shape index (κ3) is 2.97. The van der Waals surface area contributed by atoms with Gasteiger partial charge in [0.2, 0.25) is 11.8 Å². The second kappa shape index (κ2) is 6.53. The molecule has 4 rings (SSSR count). The van der Waals surface area contributed by atoms with Crippen LogP contribution in [0.25, 0.3) is 10.1 Å². The molecule has 2 heterocycles. The summed E-state index contributed by atoms with van der Waals surface area (Å²) >= 11 is 1.65. The molecule has 0 fully saturated rings. The zero-order valence-corrected chi connectivity index (χ0v) is 15.0. The minimum absolute atomic E-state index is 0.0756. The zero-order chi connectivity index (χ0) is 18.3. The summed E-state index contributed by atoms with van der Waals surface area (Å²) in [6, 6.07) is 12.3. The molecule has 0 saturated heterocycles. The van der Waals surface area contributed by atoms with Gasteiger partial charge in [0.25, 0.3) is 0 Å². The summed E-state index contributed by atoms with van der Waals surface area (Å²) < 4.78 is 14.6. The largest absolute Gasteiger partial charge is 0.341 e. The second-order valence-electron chi connectivity index (χ2n) is 6.49. The lowest BCUT2D eigenvalue weighted by molar-refractivity contribution is -0.134. The van der Waals surface area contributed by atoms with E-state index in [2.05, 4.69) is 16.8 Å². The molecule has 0 saturated carbocycles. The van der Waals surface area contributed by atoms with E-state index in [1.807, 2.05) is 18.2 Å². The van der Waals surface area contributed by atoms with Crippen LogP contribution in [0.3, 0.4) is 0 Å². The molecule has 1 aliphatic rings. The molecule has 1 unspecified atom stereocenters. The standard InChI is InChI=1S/C20H17FN2O2S/c1-23(10-12-11-26-18-5-3-2-4-14(12)18)20(25)16-9-19(24)22-17-8-13(21)6-7-15(16)17/h2-8,11,16H,9-10H2,1H3,(H,22,24). The third-order valence-electron chi connectivity index (χ3n) is 4.70. The Morgan fingerprint density at radius 1 is 1.31 bits per heavy atom. The van der Waals surface area contributed by atoms with Gasteiger partial charge in [0, 0.05) is 30.4 Å². The second-order valence-corrected chi connectivity index (χ2v) is 7.40. The summed E-state index contributed by atoms with van der Waals surface area (Å²) in [5, 5.41) is 5.85. The lowest BCUT2D eigenvalue weighted by Gasteiger charge is -2.28. The Balaban J connectivity index is 1.60. The first-order valence-electron chi connectivity index (χ1n) is 8.32. The third-order valence-corrected chi connectivity index (χ3v) is 5.71. The van der Waals surface area contributed by atoms with Crippen LogP contribution in [0.5, 0.6) is 0 Å². The quantitative estimate of drug-likeness (QED) is 0.756. The van der Waals surface area contributed by atoms with Gasteiger partial charge in [0.15, 0.2) is 0 Å². The lowest BCUT2D eigenvalue weighted by Crippen LogP contribution is -2.36. The van der Waals surface area contributed by atoms with Crippen molar-refractivity contribution in [1.82, 2.24) is 4.90 Å². The molecule has 0 aliphatic carbocycles. The zero-order valence-electron chi connectivity index (χ0n) is 14.2. The fourth-order valence-corrected chi connectivity index (χ4v) is 4.37. The number of fused-ring (bicyclic) bond motifs is 2. The van der Waals surface area contributed by atoms with Crippen molar-refractivity contribution in [3.63, 3.8) is 0 Å². The molecule has 2 amide bonds. The fraction of sp³-hybridized carbons (Fsp3) is 0.200. The van der Waals surface area contributed by atoms with E-state index in [1.165, 1.54) is 16.8 Å². The van der Waals surface area contributed by atoms with Gasteiger partial charge in [-0.2, -0.15) is 0 Å². The molecular formula is C20H17FN2O2S. The van der Waals surface area contributed by atoms with E-state index in [-0.39, 0.29) is 18.2 Å². The molecule has 6 heteroatoms. The van der Waals surface area contributed by atoms with E-state index in [1.54, 1.807) is 29.4 Å². The lowest BCUT2D eigenvalue weighted by atomic mass is 9.89. The highest BCUT2D eigenvalue weighted by molar-refractivity contribution is 7.17. The van der Waals surface area contributed by atoms with E-state index >= 15 is 0 Å². The van der Waals surface area contributed by atoms with Crippen molar-refractivity contribution >= 4 is 38.9 Å². The number of anilines is 1. The molecule has 0 spiro atoms. The highest BCUT2D eigenvalue weighted by Gasteiger charge is 2.32. The van der Waals surface area contributed by atoms with Crippen LogP contribution in [-0.2, 0) is 16.1 Å². The molecule has 1 atom stereocenters. The van der Waals surface area contributed by atoms with Gasteiger partial charge in [-0.15, -0.1) is 11.3 Å². The van der Waals surface area contributed by atoms with Crippen molar-refractivity contribution in [3.05, 3.63) is 64.8 Å². The fourth-order valence-electron chi connectivity index (χ4n) is 3.41. The van der Waals surface area contributed by atoms with Crippen molar-refractivity contribution < 1.29 is 14.0 Å². The Kier molecular flexibility index (Phi) is 4.20. The van der Waals surface area contributed by atoms with Gasteiger partial charge in [-0.3, -0.25) is 9.59 Å². The van der Waals surface area contributed by atoms with Crippen LogP contribution in [0.1, 0.15) is 23.5 Å². The van der Waals surface area contributed by atoms with Gasteiger partial charge in [-0.05, 0) is 40.1 Å². The van der Waals surface area contributed by atoms with E-state index in [0.29, 0.717) is 17.8 Å². The van der Waals surface area contributed by atoms with Crippen LogP contribution in [0, 0.1) is 5.82 Å². The summed E-state index contributed by atoms with van der Waals surface area (Å²) in [5.74, 6) is -1.43. The smallest absolute Gasteiger partial charge is 0.230 e. The number of hydrogen-bond donors (Lipinski definition) is 1. The predicted octanol–water partition coefficient (Wildman–Crippen LogP) is 4.12. The number of carbonyl (C=O) groups is 2. The van der Waals surface area contributed by atoms with E-state index in [0.717, 1.165) is 10.9 Å². The SMILES string of the molecule is CN(Cc1csc2ccccc12)C(=O)C1CC(=O)Nc2cc(F)ccc21. The highest BCUT2D eigenvalue weighted by Crippen LogP contribution is 2.34. The van der Waals surface area contributed by atoms with Crippen LogP contribution >= 0.6 is 11.3 Å². The van der Waals surface area contributed by atoms with Crippen molar-refractivity contribution in [3.8, 4) is 0 Å². The number of benzene rings is 2. The number of thiophene rings is 1. The molecule has 1 aromatic heterocycles. The molecule has 4 nitrogen and oxygen atoms in total. The maximum Gasteiger partial charge on any atom is 0.230 e. The number of likely N-dealkylation sites (N-methyl/N-ethyl adjacent to an activating group) is 1. The molecule has 1 aliphatic heterocycles. The molecule has 1 N–H and O–H groups in total. The minimum Gasteiger partial charge on any atom is -0.341 e. The van der Waals surface area contributed by atoms with Gasteiger partial charge in [-0.25, -0.2) is 4.39 Å². The molecule has 0 bridgehead atoms. The Hall–Kier alpha value is -2.73. The summed E-state index contributed by atoms with van der Waals surface area (Å²) in [5.41, 5.74) is 2.13. The maximum atomic E-state index is 13.5. The average Bonchev–Trinajstić information content (AvgIpc) is 3.03. The molecular weight excluding hydrogens is 351 g/mol. The predicted molar refractivity (Wildman–Crippen MR) is 101 cm³/mol. The van der Waals surface area contributed by atoms with Gasteiger partial charge in [0.1, 0.15) is 5.82 Å². The number of nitrogens with one attached hydrogen (secondary N) is 1. The Bertz CT molecular complexity index is 1010. The van der Waals surface area contributed by atoms with Crippen LogP contribution in [0.2, 0.25) is 0 Å². The van der Waals surface area contributed by atoms with Crippen LogP contribution in [0.4, 0.5) is 10.1 Å². The summed E-state index contributed by atoms with van der Waals surface area (Å²) in [6.45, 7) is 0.470. The maximum absolute atomic E-state index is 13.5. The van der Waals surface area contributed by atoms with Crippen molar-refractivity contribution in [2.75, 3.05) is 12.4 Å². The number of amides is 2. The number of carbonyl (C=O) groups excluding carboxylic acids is 2. The van der Waals surface area contributed by atoms with Crippen molar-refractivity contribution in [1.29, 1.82) is 0 Å². The minimum atomic E-state index is -0.589. The van der Waals surface area contributed by atoms with Crippen molar-refractivity contribution in [2.24, 2.45) is 0 Å².